The number of nitrogens with zero attached hydrogens (tertiary/aromatic N) is 1. The molecule has 0 spiro atoms. The molecular weight excluding hydrogens is 300 g/mol. The number of amides is 1. The van der Waals surface area contributed by atoms with Gasteiger partial charge in [0.05, 0.1) is 0 Å². The third-order valence-corrected chi connectivity index (χ3v) is 3.97. The van der Waals surface area contributed by atoms with Gasteiger partial charge in [-0.1, -0.05) is 25.0 Å². The first-order chi connectivity index (χ1) is 10.1. The Balaban J connectivity index is 2.00. The van der Waals surface area contributed by atoms with Crippen molar-refractivity contribution in [1.82, 2.24) is 4.90 Å². The summed E-state index contributed by atoms with van der Waals surface area (Å²) < 4.78 is 28.4. The second-order valence-corrected chi connectivity index (χ2v) is 5.49. The molecule has 1 aliphatic rings. The van der Waals surface area contributed by atoms with Gasteiger partial charge in [0.2, 0.25) is 5.91 Å². The van der Waals surface area contributed by atoms with Crippen LogP contribution in [0.15, 0.2) is 24.3 Å². The Bertz CT molecular complexity index is 459. The molecule has 1 fully saturated rings. The smallest absolute Gasteiger partial charge is 0.387 e. The first kappa shape index (κ1) is 16.0. The van der Waals surface area contributed by atoms with Gasteiger partial charge in [-0.25, -0.2) is 0 Å². The zero-order chi connectivity index (χ0) is 15.2. The van der Waals surface area contributed by atoms with Crippen LogP contribution in [0.3, 0.4) is 0 Å². The Kier molecular flexibility index (Phi) is 5.79. The minimum absolute atomic E-state index is 0.0554. The molecule has 3 nitrogen and oxygen atoms in total. The van der Waals surface area contributed by atoms with Crippen LogP contribution in [-0.2, 0) is 4.79 Å². The summed E-state index contributed by atoms with van der Waals surface area (Å²) in [6, 6.07) is 5.88. The number of hydrogen-bond donors (Lipinski definition) is 0. The second kappa shape index (κ2) is 7.59. The van der Waals surface area contributed by atoms with Crippen molar-refractivity contribution in [2.75, 3.05) is 13.1 Å². The summed E-state index contributed by atoms with van der Waals surface area (Å²) in [6.07, 6.45) is 4.26. The third-order valence-electron chi connectivity index (χ3n) is 3.53. The van der Waals surface area contributed by atoms with Crippen LogP contribution in [0.5, 0.6) is 5.75 Å². The molecule has 1 saturated heterocycles. The van der Waals surface area contributed by atoms with Crippen molar-refractivity contribution in [2.45, 2.75) is 37.7 Å². The molecule has 1 aliphatic heterocycles. The lowest BCUT2D eigenvalue weighted by Gasteiger charge is -2.23. The highest BCUT2D eigenvalue weighted by Crippen LogP contribution is 2.26. The fraction of sp³-hybridized carbons (Fsp3) is 0.533. The number of alkyl halides is 3. The van der Waals surface area contributed by atoms with E-state index in [0.29, 0.717) is 5.56 Å². The topological polar surface area (TPSA) is 29.5 Å². The maximum Gasteiger partial charge on any atom is 0.387 e. The Morgan fingerprint density at radius 2 is 1.67 bits per heavy atom. The highest BCUT2D eigenvalue weighted by molar-refractivity contribution is 6.30. The number of hydrogen-bond acceptors (Lipinski definition) is 2. The van der Waals surface area contributed by atoms with Gasteiger partial charge in [-0.15, -0.1) is 11.6 Å². The third kappa shape index (κ3) is 4.56. The fourth-order valence-corrected chi connectivity index (χ4v) is 2.70. The van der Waals surface area contributed by atoms with Crippen molar-refractivity contribution >= 4 is 17.5 Å². The Labute approximate surface area is 127 Å². The van der Waals surface area contributed by atoms with Crippen molar-refractivity contribution in [3.8, 4) is 5.75 Å². The van der Waals surface area contributed by atoms with Crippen LogP contribution in [0.1, 0.15) is 36.6 Å². The molecule has 1 heterocycles. The summed E-state index contributed by atoms with van der Waals surface area (Å²) in [5.74, 6) is -0.0686. The van der Waals surface area contributed by atoms with Gasteiger partial charge >= 0.3 is 6.61 Å². The maximum absolute atomic E-state index is 12.4. The average Bonchev–Trinajstić information content (AvgIpc) is 2.75. The van der Waals surface area contributed by atoms with Crippen molar-refractivity contribution in [2.24, 2.45) is 0 Å². The van der Waals surface area contributed by atoms with E-state index in [0.717, 1.165) is 38.8 Å². The molecule has 0 N–H and O–H groups in total. The molecule has 1 unspecified atom stereocenters. The van der Waals surface area contributed by atoms with Crippen molar-refractivity contribution in [3.63, 3.8) is 0 Å². The molecule has 2 rings (SSSR count). The van der Waals surface area contributed by atoms with Crippen LogP contribution in [0.4, 0.5) is 8.78 Å². The number of rotatable bonds is 4. The quantitative estimate of drug-likeness (QED) is 0.786. The summed E-state index contributed by atoms with van der Waals surface area (Å²) in [5, 5.41) is -0.788. The highest BCUT2D eigenvalue weighted by Gasteiger charge is 2.24. The van der Waals surface area contributed by atoms with E-state index in [1.807, 2.05) is 0 Å². The minimum atomic E-state index is -2.86. The van der Waals surface area contributed by atoms with E-state index < -0.39 is 12.0 Å². The predicted octanol–water partition coefficient (Wildman–Crippen LogP) is 3.97. The summed E-state index contributed by atoms with van der Waals surface area (Å²) in [7, 11) is 0. The van der Waals surface area contributed by atoms with Crippen LogP contribution in [0.2, 0.25) is 0 Å². The van der Waals surface area contributed by atoms with E-state index in [1.165, 1.54) is 12.1 Å². The number of ether oxygens (including phenoxy) is 1. The first-order valence-corrected chi connectivity index (χ1v) is 7.49. The predicted molar refractivity (Wildman–Crippen MR) is 76.7 cm³/mol. The second-order valence-electron chi connectivity index (χ2n) is 5.05. The molecule has 0 saturated carbocycles. The minimum Gasteiger partial charge on any atom is -0.435 e. The van der Waals surface area contributed by atoms with Crippen molar-refractivity contribution in [1.29, 1.82) is 0 Å². The molecule has 1 atom stereocenters. The lowest BCUT2D eigenvalue weighted by atomic mass is 10.1. The summed E-state index contributed by atoms with van der Waals surface area (Å²) in [5.41, 5.74) is 0.590. The monoisotopic (exact) mass is 317 g/mol. The van der Waals surface area contributed by atoms with Crippen LogP contribution in [0.25, 0.3) is 0 Å². The molecule has 116 valence electrons. The molecule has 0 aliphatic carbocycles. The number of carbonyl (C=O) groups excluding carboxylic acids is 1. The van der Waals surface area contributed by atoms with Crippen molar-refractivity contribution in [3.05, 3.63) is 29.8 Å². The number of halogens is 3. The summed E-state index contributed by atoms with van der Waals surface area (Å²) in [4.78, 5) is 14.1. The summed E-state index contributed by atoms with van der Waals surface area (Å²) in [6.45, 7) is -1.40. The van der Waals surface area contributed by atoms with Gasteiger partial charge in [0.15, 0.2) is 0 Å². The normalized spacial score (nSPS) is 17.4. The fourth-order valence-electron chi connectivity index (χ4n) is 2.41. The zero-order valence-electron chi connectivity index (χ0n) is 11.6. The highest BCUT2D eigenvalue weighted by atomic mass is 35.5. The molecule has 6 heteroatoms. The molecule has 1 amide bonds. The number of carbonyl (C=O) groups is 1. The van der Waals surface area contributed by atoms with E-state index in [-0.39, 0.29) is 11.7 Å². The van der Waals surface area contributed by atoms with Gasteiger partial charge in [0.1, 0.15) is 11.1 Å². The van der Waals surface area contributed by atoms with E-state index in [4.69, 9.17) is 11.6 Å². The van der Waals surface area contributed by atoms with Crippen LogP contribution in [-0.4, -0.2) is 30.5 Å². The maximum atomic E-state index is 12.4. The summed E-state index contributed by atoms with van der Waals surface area (Å²) >= 11 is 6.22. The first-order valence-electron chi connectivity index (χ1n) is 7.05. The molecule has 0 radical (unpaired) electrons. The van der Waals surface area contributed by atoms with E-state index in [9.17, 15) is 13.6 Å². The van der Waals surface area contributed by atoms with Gasteiger partial charge in [0, 0.05) is 13.1 Å². The lowest BCUT2D eigenvalue weighted by molar-refractivity contribution is -0.130. The van der Waals surface area contributed by atoms with Gasteiger partial charge in [-0.05, 0) is 30.5 Å². The van der Waals surface area contributed by atoms with Gasteiger partial charge < -0.3 is 9.64 Å². The Morgan fingerprint density at radius 3 is 2.19 bits per heavy atom. The van der Waals surface area contributed by atoms with Gasteiger partial charge in [-0.2, -0.15) is 8.78 Å². The van der Waals surface area contributed by atoms with E-state index >= 15 is 0 Å². The number of likely N-dealkylation sites (tertiary alicyclic amines) is 1. The van der Waals surface area contributed by atoms with Crippen LogP contribution < -0.4 is 4.74 Å². The lowest BCUT2D eigenvalue weighted by Crippen LogP contribution is -2.34. The standard InChI is InChI=1S/C15H18ClF2NO2/c16-13(14(20)19-9-3-1-2-4-10-19)11-5-7-12(8-6-11)21-15(17)18/h5-8,13,15H,1-4,9-10H2. The van der Waals surface area contributed by atoms with Gasteiger partial charge in [-0.3, -0.25) is 4.79 Å². The average molecular weight is 318 g/mol. The van der Waals surface area contributed by atoms with Crippen LogP contribution in [0, 0.1) is 0 Å². The largest absolute Gasteiger partial charge is 0.435 e. The van der Waals surface area contributed by atoms with E-state index in [1.54, 1.807) is 17.0 Å². The van der Waals surface area contributed by atoms with Crippen molar-refractivity contribution < 1.29 is 18.3 Å². The van der Waals surface area contributed by atoms with Gasteiger partial charge in [0.25, 0.3) is 0 Å². The molecule has 0 bridgehead atoms. The van der Waals surface area contributed by atoms with Crippen LogP contribution >= 0.6 is 11.6 Å². The number of benzene rings is 1. The van der Waals surface area contributed by atoms with E-state index in [2.05, 4.69) is 4.74 Å². The Morgan fingerprint density at radius 1 is 1.10 bits per heavy atom. The molecule has 1 aromatic rings. The molecule has 1 aromatic carbocycles. The molecule has 21 heavy (non-hydrogen) atoms. The molecular formula is C15H18ClF2NO2. The Hall–Kier alpha value is -1.36. The SMILES string of the molecule is O=C(C(Cl)c1ccc(OC(F)F)cc1)N1CCCCCC1. The molecule has 0 aromatic heterocycles. The zero-order valence-corrected chi connectivity index (χ0v) is 12.4.